The molecule has 0 aliphatic carbocycles. The Kier molecular flexibility index (Phi) is 6.14. The predicted molar refractivity (Wildman–Crippen MR) is 88.1 cm³/mol. The summed E-state index contributed by atoms with van der Waals surface area (Å²) in [5, 5.41) is 0. The maximum absolute atomic E-state index is 12.6. The number of hydrogen-bond acceptors (Lipinski definition) is 5. The van der Waals surface area contributed by atoms with Gasteiger partial charge in [-0.05, 0) is 46.1 Å². The number of halogens is 1. The zero-order valence-electron chi connectivity index (χ0n) is 13.1. The molecule has 0 aromatic heterocycles. The molecule has 1 aromatic carbocycles. The number of hydrogen-bond donors (Lipinski definition) is 1. The molecule has 0 aliphatic heterocycles. The lowest BCUT2D eigenvalue weighted by Crippen LogP contribution is -2.39. The lowest BCUT2D eigenvalue weighted by atomic mass is 9.94. The van der Waals surface area contributed by atoms with E-state index in [1.54, 1.807) is 0 Å². The minimum absolute atomic E-state index is 0.0930. The lowest BCUT2D eigenvalue weighted by Gasteiger charge is -2.28. The van der Waals surface area contributed by atoms with Crippen LogP contribution in [0.5, 0.6) is 0 Å². The van der Waals surface area contributed by atoms with Gasteiger partial charge in [-0.25, -0.2) is 17.5 Å². The van der Waals surface area contributed by atoms with E-state index in [2.05, 4.69) is 20.7 Å². The maximum Gasteiger partial charge on any atom is 0.337 e. The van der Waals surface area contributed by atoms with Crippen molar-refractivity contribution in [2.75, 3.05) is 27.2 Å². The average molecular weight is 393 g/mol. The summed E-state index contributed by atoms with van der Waals surface area (Å²) in [5.74, 6) is -0.526. The summed E-state index contributed by atoms with van der Waals surface area (Å²) in [5.41, 5.74) is 5.60. The van der Waals surface area contributed by atoms with Crippen LogP contribution in [0.15, 0.2) is 27.6 Å². The van der Waals surface area contributed by atoms with E-state index in [1.165, 1.54) is 36.7 Å². The highest BCUT2D eigenvalue weighted by Crippen LogP contribution is 2.27. The Balaban J connectivity index is 3.16. The highest BCUT2D eigenvalue weighted by Gasteiger charge is 2.29. The van der Waals surface area contributed by atoms with E-state index in [4.69, 9.17) is 5.73 Å². The van der Waals surface area contributed by atoms with E-state index in [9.17, 15) is 13.2 Å². The van der Waals surface area contributed by atoms with Gasteiger partial charge >= 0.3 is 5.97 Å². The molecule has 0 saturated carbocycles. The number of sulfonamides is 1. The molecule has 0 atom stereocenters. The van der Waals surface area contributed by atoms with Crippen LogP contribution in [0.25, 0.3) is 0 Å². The molecule has 0 fully saturated rings. The molecule has 0 radical (unpaired) electrons. The number of ether oxygens (including phenoxy) is 1. The van der Waals surface area contributed by atoms with Crippen LogP contribution in [0.3, 0.4) is 0 Å². The van der Waals surface area contributed by atoms with Crippen LogP contribution >= 0.6 is 15.9 Å². The molecule has 1 rings (SSSR count). The second-order valence-corrected chi connectivity index (χ2v) is 8.63. The van der Waals surface area contributed by atoms with Crippen molar-refractivity contribution in [3.05, 3.63) is 28.2 Å². The summed E-state index contributed by atoms with van der Waals surface area (Å²) in [4.78, 5) is 11.6. The van der Waals surface area contributed by atoms with Crippen molar-refractivity contribution in [1.82, 2.24) is 4.31 Å². The third kappa shape index (κ3) is 4.28. The van der Waals surface area contributed by atoms with E-state index in [0.29, 0.717) is 11.0 Å². The maximum atomic E-state index is 12.6. The monoisotopic (exact) mass is 392 g/mol. The molecule has 1 aromatic rings. The third-order valence-electron chi connectivity index (χ3n) is 3.24. The highest BCUT2D eigenvalue weighted by molar-refractivity contribution is 9.10. The van der Waals surface area contributed by atoms with Gasteiger partial charge in [-0.2, -0.15) is 0 Å². The van der Waals surface area contributed by atoms with Crippen LogP contribution < -0.4 is 5.73 Å². The van der Waals surface area contributed by atoms with Gasteiger partial charge in [0.05, 0.1) is 17.6 Å². The summed E-state index contributed by atoms with van der Waals surface area (Å²) < 4.78 is 31.5. The van der Waals surface area contributed by atoms with Gasteiger partial charge in [0.2, 0.25) is 10.0 Å². The molecule has 0 aliphatic rings. The topological polar surface area (TPSA) is 89.7 Å². The lowest BCUT2D eigenvalue weighted by molar-refractivity contribution is 0.0600. The molecular formula is C14H21BrN2O4S. The molecule has 0 saturated heterocycles. The number of nitrogens with two attached hydrogens (primary N) is 1. The van der Waals surface area contributed by atoms with Crippen LogP contribution in [-0.4, -0.2) is 45.9 Å². The number of carbonyl (C=O) groups excluding carboxylic acids is 1. The standard InChI is InChI=1S/C14H21BrN2O4S/c1-14(2,8-16)9-17(3)22(19,20)12-6-5-10(7-11(12)15)13(18)21-4/h5-7H,8-9,16H2,1-4H3. The first-order valence-corrected chi connectivity index (χ1v) is 8.83. The first-order chi connectivity index (χ1) is 10.0. The summed E-state index contributed by atoms with van der Waals surface area (Å²) in [6, 6.07) is 4.24. The molecule has 22 heavy (non-hydrogen) atoms. The highest BCUT2D eigenvalue weighted by atomic mass is 79.9. The Hall–Kier alpha value is -0.960. The largest absolute Gasteiger partial charge is 0.465 e. The molecule has 6 nitrogen and oxygen atoms in total. The fraction of sp³-hybridized carbons (Fsp3) is 0.500. The van der Waals surface area contributed by atoms with Gasteiger partial charge in [0.1, 0.15) is 0 Å². The van der Waals surface area contributed by atoms with E-state index in [1.807, 2.05) is 13.8 Å². The fourth-order valence-corrected chi connectivity index (χ4v) is 4.27. The summed E-state index contributed by atoms with van der Waals surface area (Å²) >= 11 is 3.21. The normalized spacial score (nSPS) is 12.5. The minimum Gasteiger partial charge on any atom is -0.465 e. The summed E-state index contributed by atoms with van der Waals surface area (Å²) in [6.07, 6.45) is 0. The number of esters is 1. The SMILES string of the molecule is COC(=O)c1ccc(S(=O)(=O)N(C)CC(C)(C)CN)c(Br)c1. The average Bonchev–Trinajstić information content (AvgIpc) is 2.45. The van der Waals surface area contributed by atoms with Crippen LogP contribution in [0.1, 0.15) is 24.2 Å². The van der Waals surface area contributed by atoms with E-state index >= 15 is 0 Å². The van der Waals surface area contributed by atoms with Crippen molar-refractivity contribution in [1.29, 1.82) is 0 Å². The van der Waals surface area contributed by atoms with Gasteiger partial charge < -0.3 is 10.5 Å². The van der Waals surface area contributed by atoms with Crippen LogP contribution in [0.4, 0.5) is 0 Å². The van der Waals surface area contributed by atoms with Gasteiger partial charge in [-0.3, -0.25) is 0 Å². The third-order valence-corrected chi connectivity index (χ3v) is 6.02. The molecule has 2 N–H and O–H groups in total. The number of carbonyl (C=O) groups is 1. The van der Waals surface area contributed by atoms with E-state index in [0.717, 1.165) is 0 Å². The second kappa shape index (κ2) is 7.08. The number of rotatable bonds is 6. The van der Waals surface area contributed by atoms with Gasteiger partial charge in [0.15, 0.2) is 0 Å². The van der Waals surface area contributed by atoms with Crippen molar-refractivity contribution in [2.24, 2.45) is 11.1 Å². The van der Waals surface area contributed by atoms with Crippen molar-refractivity contribution >= 4 is 31.9 Å². The Morgan fingerprint density at radius 3 is 2.45 bits per heavy atom. The van der Waals surface area contributed by atoms with Crippen LogP contribution in [0, 0.1) is 5.41 Å². The number of nitrogens with zero attached hydrogens (tertiary/aromatic N) is 1. The molecule has 8 heteroatoms. The van der Waals surface area contributed by atoms with E-state index < -0.39 is 16.0 Å². The van der Waals surface area contributed by atoms with Crippen molar-refractivity contribution < 1.29 is 17.9 Å². The number of benzene rings is 1. The second-order valence-electron chi connectivity index (χ2n) is 5.77. The Morgan fingerprint density at radius 1 is 1.41 bits per heavy atom. The van der Waals surface area contributed by atoms with Crippen molar-refractivity contribution in [3.8, 4) is 0 Å². The Morgan fingerprint density at radius 2 is 2.00 bits per heavy atom. The smallest absolute Gasteiger partial charge is 0.337 e. The predicted octanol–water partition coefficient (Wildman–Crippen LogP) is 1.84. The van der Waals surface area contributed by atoms with Gasteiger partial charge in [0.25, 0.3) is 0 Å². The zero-order valence-corrected chi connectivity index (χ0v) is 15.5. The fourth-order valence-electron chi connectivity index (χ4n) is 1.88. The molecule has 0 heterocycles. The Bertz CT molecular complexity index is 659. The molecule has 0 spiro atoms. The van der Waals surface area contributed by atoms with Gasteiger partial charge in [0, 0.05) is 18.1 Å². The molecule has 124 valence electrons. The first kappa shape index (κ1) is 19.1. The molecule has 0 bridgehead atoms. The van der Waals surface area contributed by atoms with Crippen molar-refractivity contribution in [3.63, 3.8) is 0 Å². The quantitative estimate of drug-likeness (QED) is 0.745. The van der Waals surface area contributed by atoms with Gasteiger partial charge in [-0.1, -0.05) is 13.8 Å². The van der Waals surface area contributed by atoms with E-state index in [-0.39, 0.29) is 22.4 Å². The van der Waals surface area contributed by atoms with Crippen LogP contribution in [-0.2, 0) is 14.8 Å². The number of methoxy groups -OCH3 is 1. The summed E-state index contributed by atoms with van der Waals surface area (Å²) in [7, 11) is -0.909. The Labute approximate surface area is 139 Å². The zero-order chi connectivity index (χ0) is 17.1. The van der Waals surface area contributed by atoms with Crippen molar-refractivity contribution in [2.45, 2.75) is 18.7 Å². The van der Waals surface area contributed by atoms with Crippen LogP contribution in [0.2, 0.25) is 0 Å². The van der Waals surface area contributed by atoms with Gasteiger partial charge in [-0.15, -0.1) is 0 Å². The molecular weight excluding hydrogens is 372 g/mol. The minimum atomic E-state index is -3.68. The molecule has 0 unspecified atom stereocenters. The molecule has 0 amide bonds. The first-order valence-electron chi connectivity index (χ1n) is 6.59. The summed E-state index contributed by atoms with van der Waals surface area (Å²) in [6.45, 7) is 4.45.